The van der Waals surface area contributed by atoms with Crippen LogP contribution in [0.2, 0.25) is 0 Å². The van der Waals surface area contributed by atoms with Crippen LogP contribution in [0.15, 0.2) is 24.3 Å². The minimum atomic E-state index is -2.23. The Hall–Kier alpha value is -2.11. The van der Waals surface area contributed by atoms with Gasteiger partial charge in [0.05, 0.1) is 0 Å². The molecule has 99 valence electrons. The first kappa shape index (κ1) is 13.3. The number of halogens is 5. The minimum Gasteiger partial charge on any atom is -0.451 e. The molecule has 1 radical (unpaired) electrons. The van der Waals surface area contributed by atoms with Crippen LogP contribution in [0.5, 0.6) is 11.5 Å². The van der Waals surface area contributed by atoms with Crippen LogP contribution in [0.4, 0.5) is 22.0 Å². The lowest BCUT2D eigenvalue weighted by Gasteiger charge is -2.10. The number of benzene rings is 2. The first-order valence-corrected chi connectivity index (χ1v) is 5.03. The average Bonchev–Trinajstić information content (AvgIpc) is 2.39. The molecule has 2 aromatic rings. The molecule has 0 unspecified atom stereocenters. The molecule has 0 N–H and O–H groups in total. The van der Waals surface area contributed by atoms with Crippen molar-refractivity contribution in [3.8, 4) is 11.5 Å². The molecule has 6 heteroatoms. The zero-order chi connectivity index (χ0) is 14.2. The number of rotatable bonds is 2. The summed E-state index contributed by atoms with van der Waals surface area (Å²) < 4.78 is 70.0. The number of hydrogen-bond donors (Lipinski definition) is 0. The van der Waals surface area contributed by atoms with Gasteiger partial charge in [-0.05, 0) is 24.6 Å². The van der Waals surface area contributed by atoms with Crippen LogP contribution in [0.3, 0.4) is 0 Å². The van der Waals surface area contributed by atoms with Crippen molar-refractivity contribution in [3.63, 3.8) is 0 Å². The zero-order valence-corrected chi connectivity index (χ0v) is 9.31. The van der Waals surface area contributed by atoms with E-state index in [1.807, 2.05) is 0 Å². The number of ether oxygens (including phenoxy) is 1. The van der Waals surface area contributed by atoms with E-state index < -0.39 is 34.8 Å². The second-order valence-electron chi connectivity index (χ2n) is 3.65. The molecular weight excluding hydrogens is 267 g/mol. The third-order valence-electron chi connectivity index (χ3n) is 2.29. The average molecular weight is 273 g/mol. The molecule has 0 saturated carbocycles. The lowest BCUT2D eigenvalue weighted by atomic mass is 10.2. The largest absolute Gasteiger partial charge is 0.451 e. The summed E-state index contributed by atoms with van der Waals surface area (Å²) in [6.45, 7) is 3.54. The summed E-state index contributed by atoms with van der Waals surface area (Å²) in [5.74, 6) is -11.8. The quantitative estimate of drug-likeness (QED) is 0.449. The highest BCUT2D eigenvalue weighted by atomic mass is 19.2. The van der Waals surface area contributed by atoms with Gasteiger partial charge in [-0.15, -0.1) is 0 Å². The highest BCUT2D eigenvalue weighted by Gasteiger charge is 2.27. The van der Waals surface area contributed by atoms with Gasteiger partial charge in [-0.25, -0.2) is 13.2 Å². The van der Waals surface area contributed by atoms with Crippen LogP contribution >= 0.6 is 0 Å². The third-order valence-corrected chi connectivity index (χ3v) is 2.29. The molecule has 0 aliphatic rings. The predicted octanol–water partition coefficient (Wildman–Crippen LogP) is 4.36. The normalized spacial score (nSPS) is 10.6. The van der Waals surface area contributed by atoms with E-state index >= 15 is 0 Å². The molecule has 0 saturated heterocycles. The highest BCUT2D eigenvalue weighted by molar-refractivity contribution is 5.37. The van der Waals surface area contributed by atoms with E-state index in [2.05, 4.69) is 6.92 Å². The van der Waals surface area contributed by atoms with Crippen LogP contribution < -0.4 is 4.74 Å². The van der Waals surface area contributed by atoms with Crippen LogP contribution in [-0.2, 0) is 0 Å². The summed E-state index contributed by atoms with van der Waals surface area (Å²) in [5.41, 5.74) is 0.460. The first-order valence-electron chi connectivity index (χ1n) is 5.03. The molecule has 0 atom stereocenters. The summed E-state index contributed by atoms with van der Waals surface area (Å²) in [6, 6.07) is 5.62. The third kappa shape index (κ3) is 2.38. The maximum Gasteiger partial charge on any atom is 0.207 e. The van der Waals surface area contributed by atoms with E-state index in [0.717, 1.165) is 0 Å². The van der Waals surface area contributed by atoms with Gasteiger partial charge in [0.2, 0.25) is 34.8 Å². The lowest BCUT2D eigenvalue weighted by Crippen LogP contribution is -2.04. The molecule has 2 aromatic carbocycles. The van der Waals surface area contributed by atoms with Gasteiger partial charge in [0.25, 0.3) is 0 Å². The molecule has 1 nitrogen and oxygen atoms in total. The molecular formula is C13H6F5O. The maximum atomic E-state index is 13.3. The van der Waals surface area contributed by atoms with Crippen molar-refractivity contribution in [3.05, 3.63) is 65.8 Å². The molecule has 19 heavy (non-hydrogen) atoms. The maximum absolute atomic E-state index is 13.3. The van der Waals surface area contributed by atoms with Crippen molar-refractivity contribution in [1.29, 1.82) is 0 Å². The van der Waals surface area contributed by atoms with Crippen LogP contribution in [0, 0.1) is 36.0 Å². The molecule has 0 fully saturated rings. The minimum absolute atomic E-state index is 0.0873. The fraction of sp³-hybridized carbons (Fsp3) is 0. The van der Waals surface area contributed by atoms with E-state index in [1.54, 1.807) is 6.07 Å². The van der Waals surface area contributed by atoms with Crippen molar-refractivity contribution in [2.45, 2.75) is 0 Å². The second-order valence-corrected chi connectivity index (χ2v) is 3.65. The predicted molar refractivity (Wildman–Crippen MR) is 57.2 cm³/mol. The van der Waals surface area contributed by atoms with Crippen molar-refractivity contribution in [2.24, 2.45) is 0 Å². The van der Waals surface area contributed by atoms with E-state index in [9.17, 15) is 22.0 Å². The Bertz CT molecular complexity index is 610. The monoisotopic (exact) mass is 273 g/mol. The van der Waals surface area contributed by atoms with Crippen molar-refractivity contribution in [1.82, 2.24) is 0 Å². The Morgan fingerprint density at radius 3 is 1.84 bits per heavy atom. The summed E-state index contributed by atoms with van der Waals surface area (Å²) in [6.07, 6.45) is 0. The zero-order valence-electron chi connectivity index (χ0n) is 9.31. The van der Waals surface area contributed by atoms with E-state index in [-0.39, 0.29) is 5.75 Å². The van der Waals surface area contributed by atoms with Gasteiger partial charge in [-0.2, -0.15) is 8.78 Å². The van der Waals surface area contributed by atoms with E-state index in [0.29, 0.717) is 5.56 Å². The summed E-state index contributed by atoms with van der Waals surface area (Å²) >= 11 is 0. The number of hydrogen-bond acceptors (Lipinski definition) is 1. The standard InChI is InChI=1S/C13H6F5O/c1-6-3-2-4-7(5-6)19-13-11(17)9(15)8(14)10(16)12(13)18/h2-5H,1H2. The molecule has 2 rings (SSSR count). The molecule has 0 amide bonds. The van der Waals surface area contributed by atoms with Crippen LogP contribution in [-0.4, -0.2) is 0 Å². The Kier molecular flexibility index (Phi) is 3.42. The van der Waals surface area contributed by atoms with Crippen LogP contribution in [0.25, 0.3) is 0 Å². The van der Waals surface area contributed by atoms with Crippen molar-refractivity contribution >= 4 is 0 Å². The SMILES string of the molecule is [CH2]c1cccc(Oc2c(F)c(F)c(F)c(F)c2F)c1. The Balaban J connectivity index is 2.52. The molecule has 0 aromatic heterocycles. The fourth-order valence-corrected chi connectivity index (χ4v) is 1.40. The van der Waals surface area contributed by atoms with Gasteiger partial charge in [0, 0.05) is 0 Å². The topological polar surface area (TPSA) is 9.23 Å². The fourth-order valence-electron chi connectivity index (χ4n) is 1.40. The van der Waals surface area contributed by atoms with Crippen molar-refractivity contribution in [2.75, 3.05) is 0 Å². The van der Waals surface area contributed by atoms with Gasteiger partial charge < -0.3 is 4.74 Å². The van der Waals surface area contributed by atoms with E-state index in [1.165, 1.54) is 18.2 Å². The van der Waals surface area contributed by atoms with Gasteiger partial charge in [0.15, 0.2) is 0 Å². The second kappa shape index (κ2) is 4.87. The van der Waals surface area contributed by atoms with Gasteiger partial charge in [-0.3, -0.25) is 0 Å². The summed E-state index contributed by atoms with van der Waals surface area (Å²) in [4.78, 5) is 0. The lowest BCUT2D eigenvalue weighted by molar-refractivity contribution is 0.332. The first-order chi connectivity index (χ1) is 8.91. The van der Waals surface area contributed by atoms with Gasteiger partial charge in [0.1, 0.15) is 5.75 Å². The van der Waals surface area contributed by atoms with Crippen LogP contribution in [0.1, 0.15) is 5.56 Å². The Morgan fingerprint density at radius 1 is 0.789 bits per heavy atom. The molecule has 0 spiro atoms. The smallest absolute Gasteiger partial charge is 0.207 e. The van der Waals surface area contributed by atoms with Gasteiger partial charge >= 0.3 is 0 Å². The Morgan fingerprint density at radius 2 is 1.32 bits per heavy atom. The summed E-state index contributed by atoms with van der Waals surface area (Å²) in [7, 11) is 0. The molecule has 0 aliphatic carbocycles. The molecule has 0 bridgehead atoms. The Labute approximate surface area is 105 Å². The van der Waals surface area contributed by atoms with E-state index in [4.69, 9.17) is 4.74 Å². The molecule has 0 heterocycles. The molecule has 0 aliphatic heterocycles. The van der Waals surface area contributed by atoms with Crippen molar-refractivity contribution < 1.29 is 26.7 Å². The van der Waals surface area contributed by atoms with Gasteiger partial charge in [-0.1, -0.05) is 12.1 Å². The highest BCUT2D eigenvalue weighted by Crippen LogP contribution is 2.32. The summed E-state index contributed by atoms with van der Waals surface area (Å²) in [5, 5.41) is 0.